The van der Waals surface area contributed by atoms with E-state index in [0.29, 0.717) is 5.69 Å². The molecule has 31 heavy (non-hydrogen) atoms. The van der Waals surface area contributed by atoms with Gasteiger partial charge in [0.25, 0.3) is 0 Å². The number of benzene rings is 3. The van der Waals surface area contributed by atoms with E-state index in [1.807, 2.05) is 0 Å². The minimum Gasteiger partial charge on any atom is -0.493 e. The van der Waals surface area contributed by atoms with Gasteiger partial charge in [0.05, 0.1) is 16.2 Å². The van der Waals surface area contributed by atoms with Gasteiger partial charge in [-0.1, -0.05) is 35.3 Å². The zero-order chi connectivity index (χ0) is 25.1. The van der Waals surface area contributed by atoms with Crippen LogP contribution in [0.2, 0.25) is 10.0 Å². The van der Waals surface area contributed by atoms with Crippen LogP contribution in [0.1, 0.15) is 9.68 Å². The van der Waals surface area contributed by atoms with Gasteiger partial charge < -0.3 is 19.5 Å². The van der Waals surface area contributed by atoms with Crippen molar-refractivity contribution in [2.24, 2.45) is 0 Å². The van der Waals surface area contributed by atoms with E-state index in [0.717, 1.165) is 18.2 Å². The molecule has 0 saturated heterocycles. The maximum absolute atomic E-state index is 12.6. The fourth-order valence-corrected chi connectivity index (χ4v) is 3.05. The van der Waals surface area contributed by atoms with E-state index in [1.54, 1.807) is 18.4 Å². The second kappa shape index (κ2) is 9.36. The van der Waals surface area contributed by atoms with Crippen LogP contribution in [0.4, 0.5) is 24.5 Å². The van der Waals surface area contributed by atoms with Gasteiger partial charge in [-0.25, -0.2) is 0 Å². The quantitative estimate of drug-likeness (QED) is 0.404. The van der Waals surface area contributed by atoms with Gasteiger partial charge in [-0.2, -0.15) is 0 Å². The zero-order valence-corrected chi connectivity index (χ0v) is 16.7. The number of nitrogens with one attached hydrogen (secondary N) is 1. The highest BCUT2D eigenvalue weighted by Crippen LogP contribution is 2.43. The molecule has 0 fully saturated rings. The summed E-state index contributed by atoms with van der Waals surface area (Å²) in [7, 11) is -3.01. The highest BCUT2D eigenvalue weighted by Gasteiger charge is 2.31. The number of alkyl halides is 3. The first-order valence-electron chi connectivity index (χ1n) is 9.84. The number of anilines is 2. The summed E-state index contributed by atoms with van der Waals surface area (Å²) < 4.78 is 74.1. The van der Waals surface area contributed by atoms with Gasteiger partial charge in [-0.15, -0.1) is 13.2 Å². The molecule has 1 N–H and O–H groups in total. The number of halogens is 5. The molecule has 0 aliphatic carbocycles. The van der Waals surface area contributed by atoms with Crippen molar-refractivity contribution in [3.63, 3.8) is 0 Å². The monoisotopic (exact) mass is 473 g/mol. The minimum atomic E-state index is -5.01. The molecule has 0 atom stereocenters. The van der Waals surface area contributed by atoms with Crippen LogP contribution in [0.15, 0.2) is 54.6 Å². The molecule has 3 aromatic rings. The Morgan fingerprint density at radius 3 is 2.55 bits per heavy atom. The van der Waals surface area contributed by atoms with Crippen LogP contribution in [-0.2, 0) is 4.79 Å². The lowest BCUT2D eigenvalue weighted by molar-refractivity contribution is -0.274. The summed E-state index contributed by atoms with van der Waals surface area (Å²) in [5.41, 5.74) is 0.860. The van der Waals surface area contributed by atoms with Crippen molar-refractivity contribution in [3.05, 3.63) is 70.2 Å². The summed E-state index contributed by atoms with van der Waals surface area (Å²) in [6.07, 6.45) is -3.26. The third kappa shape index (κ3) is 5.96. The van der Waals surface area contributed by atoms with Crippen molar-refractivity contribution in [1.29, 1.82) is 0 Å². The molecular formula is C21H13Cl2F3NO4. The van der Waals surface area contributed by atoms with E-state index in [-0.39, 0.29) is 32.8 Å². The number of methoxy groups -OCH3 is 1. The molecule has 0 bridgehead atoms. The minimum absolute atomic E-state index is 0.0159. The Morgan fingerprint density at radius 2 is 1.84 bits per heavy atom. The Balaban J connectivity index is 2.03. The molecule has 5 nitrogen and oxygen atoms in total. The molecule has 10 heteroatoms. The Hall–Kier alpha value is -3.10. The van der Waals surface area contributed by atoms with E-state index < -0.39 is 24.9 Å². The summed E-state index contributed by atoms with van der Waals surface area (Å²) in [5, 5.41) is 3.20. The number of hydrogen-bond acceptors (Lipinski definition) is 5. The van der Waals surface area contributed by atoms with Crippen LogP contribution in [-0.4, -0.2) is 19.7 Å². The van der Waals surface area contributed by atoms with E-state index in [4.69, 9.17) is 36.8 Å². The number of rotatable bonds is 7. The third-order valence-corrected chi connectivity index (χ3v) is 4.26. The summed E-state index contributed by atoms with van der Waals surface area (Å²) in [4.78, 5) is 10.9. The summed E-state index contributed by atoms with van der Waals surface area (Å²) >= 11 is 12.4. The molecule has 0 aromatic heterocycles. The molecule has 0 unspecified atom stereocenters. The highest BCUT2D eigenvalue weighted by atomic mass is 35.5. The molecule has 0 heterocycles. The van der Waals surface area contributed by atoms with Crippen LogP contribution in [0.5, 0.6) is 23.0 Å². The predicted octanol–water partition coefficient (Wildman–Crippen LogP) is 6.89. The van der Waals surface area contributed by atoms with Crippen LogP contribution in [0.3, 0.4) is 0 Å². The number of ether oxygens (including phenoxy) is 3. The van der Waals surface area contributed by atoms with Crippen LogP contribution in [0, 0.1) is 0 Å². The van der Waals surface area contributed by atoms with E-state index in [2.05, 4.69) is 10.1 Å². The van der Waals surface area contributed by atoms with Gasteiger partial charge in [0.1, 0.15) is 11.4 Å². The normalized spacial score (nSPS) is 12.9. The number of hydrogen-bond donors (Lipinski definition) is 1. The molecule has 3 aromatic carbocycles. The van der Waals surface area contributed by atoms with E-state index in [9.17, 15) is 18.0 Å². The molecule has 1 radical (unpaired) electrons. The van der Waals surface area contributed by atoms with Crippen molar-refractivity contribution < 1.29 is 36.3 Å². The highest BCUT2D eigenvalue weighted by molar-refractivity contribution is 6.37. The molecule has 0 aliphatic heterocycles. The fraction of sp³-hybridized carbons (Fsp3) is 0.0952. The lowest BCUT2D eigenvalue weighted by Crippen LogP contribution is -2.17. The Morgan fingerprint density at radius 1 is 1.03 bits per heavy atom. The molecule has 0 aliphatic rings. The molecular weight excluding hydrogens is 458 g/mol. The first-order chi connectivity index (χ1) is 15.8. The van der Waals surface area contributed by atoms with E-state index >= 15 is 0 Å². The molecule has 0 amide bonds. The first kappa shape index (κ1) is 18.7. The second-order valence-corrected chi connectivity index (χ2v) is 6.77. The van der Waals surface area contributed by atoms with Crippen molar-refractivity contribution in [2.45, 2.75) is 6.36 Å². The Bertz CT molecular complexity index is 1210. The molecule has 0 spiro atoms. The van der Waals surface area contributed by atoms with Crippen LogP contribution >= 0.6 is 23.2 Å². The lowest BCUT2D eigenvalue weighted by Gasteiger charge is -2.17. The average Bonchev–Trinajstić information content (AvgIpc) is 2.70. The maximum atomic E-state index is 12.6. The smallest absolute Gasteiger partial charge is 0.493 e. The van der Waals surface area contributed by atoms with Gasteiger partial charge in [-0.3, -0.25) is 4.79 Å². The maximum Gasteiger partial charge on any atom is 0.573 e. The van der Waals surface area contributed by atoms with Crippen LogP contribution in [0.25, 0.3) is 0 Å². The molecule has 0 saturated carbocycles. The largest absolute Gasteiger partial charge is 0.573 e. The van der Waals surface area contributed by atoms with Gasteiger partial charge in [0, 0.05) is 28.4 Å². The second-order valence-electron chi connectivity index (χ2n) is 5.93. The van der Waals surface area contributed by atoms with Crippen molar-refractivity contribution in [1.82, 2.24) is 0 Å². The van der Waals surface area contributed by atoms with Crippen molar-refractivity contribution in [2.75, 3.05) is 12.4 Å². The van der Waals surface area contributed by atoms with Crippen molar-refractivity contribution >= 4 is 40.9 Å². The number of carbonyl (C=O) groups excluding carboxylic acids is 1. The standard InChI is InChI=1S/C21H13Cl2F3NO4/c1-29-18-10-15(31-21(24,25)26)5-6-17(18)30-19-9-13(22)8-16(23)20(19)27-14-4-2-3-12(7-14)11-28/h2-10,27H,1H3/i1D3. The predicted molar refractivity (Wildman–Crippen MR) is 111 cm³/mol. The molecule has 3 rings (SSSR count). The van der Waals surface area contributed by atoms with Gasteiger partial charge in [-0.05, 0) is 30.3 Å². The summed E-state index contributed by atoms with van der Waals surface area (Å²) in [5.74, 6) is -1.55. The fourth-order valence-electron chi connectivity index (χ4n) is 2.52. The topological polar surface area (TPSA) is 56.8 Å². The van der Waals surface area contributed by atoms with Gasteiger partial charge in [0.15, 0.2) is 17.2 Å². The van der Waals surface area contributed by atoms with Gasteiger partial charge >= 0.3 is 6.36 Å². The summed E-state index contributed by atoms with van der Waals surface area (Å²) in [6.45, 7) is 0. The first-order valence-corrected chi connectivity index (χ1v) is 9.09. The lowest BCUT2D eigenvalue weighted by atomic mass is 10.2. The van der Waals surface area contributed by atoms with Crippen LogP contribution < -0.4 is 19.5 Å². The van der Waals surface area contributed by atoms with Gasteiger partial charge in [0.2, 0.25) is 6.29 Å². The summed E-state index contributed by atoms with van der Waals surface area (Å²) in [6, 6.07) is 11.6. The Labute approximate surface area is 189 Å². The third-order valence-electron chi connectivity index (χ3n) is 3.75. The Kier molecular flexibility index (Phi) is 5.63. The average molecular weight is 474 g/mol. The zero-order valence-electron chi connectivity index (χ0n) is 18.2. The van der Waals surface area contributed by atoms with E-state index in [1.165, 1.54) is 24.3 Å². The molecule has 161 valence electrons. The van der Waals surface area contributed by atoms with Crippen molar-refractivity contribution in [3.8, 4) is 23.0 Å². The SMILES string of the molecule is [2H]C([2H])([2H])Oc1cc(OC(F)(F)F)ccc1Oc1cc(Cl)cc(Cl)c1Nc1cccc([C]=O)c1.